The Labute approximate surface area is 188 Å². The van der Waals surface area contributed by atoms with Gasteiger partial charge in [0.25, 0.3) is 0 Å². The molecule has 164 valence electrons. The highest BCUT2D eigenvalue weighted by atomic mass is 16.5. The first-order chi connectivity index (χ1) is 15.6. The van der Waals surface area contributed by atoms with Gasteiger partial charge in [-0.1, -0.05) is 30.3 Å². The number of para-hydroxylation sites is 1. The molecule has 0 spiro atoms. The Kier molecular flexibility index (Phi) is 5.53. The summed E-state index contributed by atoms with van der Waals surface area (Å²) in [6, 6.07) is 19.0. The third-order valence-corrected chi connectivity index (χ3v) is 6.57. The zero-order valence-electron chi connectivity index (χ0n) is 18.6. The van der Waals surface area contributed by atoms with Gasteiger partial charge in [0.1, 0.15) is 29.3 Å². The number of hydrogen-bond acceptors (Lipinski definition) is 5. The van der Waals surface area contributed by atoms with Crippen LogP contribution in [0.4, 0.5) is 5.82 Å². The molecule has 6 heteroatoms. The molecule has 2 aromatic carbocycles. The van der Waals surface area contributed by atoms with Crippen LogP contribution in [-0.2, 0) is 0 Å². The van der Waals surface area contributed by atoms with E-state index in [1.807, 2.05) is 42.5 Å². The van der Waals surface area contributed by atoms with Gasteiger partial charge in [0.05, 0.1) is 5.39 Å². The molecule has 32 heavy (non-hydrogen) atoms. The maximum atomic E-state index is 6.34. The van der Waals surface area contributed by atoms with Crippen LogP contribution in [0.3, 0.4) is 0 Å². The van der Waals surface area contributed by atoms with Crippen LogP contribution < -0.4 is 10.5 Å². The third kappa shape index (κ3) is 3.94. The van der Waals surface area contributed by atoms with Crippen molar-refractivity contribution >= 4 is 16.9 Å². The number of ether oxygens (including phenoxy) is 1. The SMILES string of the molecule is CN(C)[C@H]1CC[C@H](n2cc(-c3ccc(Oc4ccccc4)cc3)c3c(N)ncnc32)CC1. The molecule has 0 amide bonds. The lowest BCUT2D eigenvalue weighted by atomic mass is 9.90. The first-order valence-electron chi connectivity index (χ1n) is 11.2. The van der Waals surface area contributed by atoms with Crippen LogP contribution in [0.1, 0.15) is 31.7 Å². The molecule has 1 aliphatic carbocycles. The van der Waals surface area contributed by atoms with Crippen LogP contribution in [0.5, 0.6) is 11.5 Å². The van der Waals surface area contributed by atoms with Crippen LogP contribution in [0.25, 0.3) is 22.2 Å². The van der Waals surface area contributed by atoms with Crippen molar-refractivity contribution in [3.05, 3.63) is 67.1 Å². The summed E-state index contributed by atoms with van der Waals surface area (Å²) in [5, 5.41) is 0.930. The van der Waals surface area contributed by atoms with Crippen molar-refractivity contribution in [2.45, 2.75) is 37.8 Å². The maximum Gasteiger partial charge on any atom is 0.146 e. The minimum Gasteiger partial charge on any atom is -0.457 e. The van der Waals surface area contributed by atoms with Crippen molar-refractivity contribution in [2.75, 3.05) is 19.8 Å². The summed E-state index contributed by atoms with van der Waals surface area (Å²) in [6.07, 6.45) is 8.45. The standard InChI is InChI=1S/C26H29N5O/c1-30(2)19-10-12-20(13-11-19)31-16-23(24-25(27)28-17-29-26(24)31)18-8-14-22(15-9-18)32-21-6-4-3-5-7-21/h3-9,14-17,19-20H,10-13H2,1-2H3,(H2,27,28,29)/t19-,20-. The van der Waals surface area contributed by atoms with Gasteiger partial charge in [-0.05, 0) is 69.6 Å². The van der Waals surface area contributed by atoms with E-state index in [0.717, 1.165) is 46.5 Å². The first-order valence-corrected chi connectivity index (χ1v) is 11.2. The monoisotopic (exact) mass is 427 g/mol. The minimum absolute atomic E-state index is 0.428. The van der Waals surface area contributed by atoms with Crippen LogP contribution in [0, 0.1) is 0 Å². The van der Waals surface area contributed by atoms with Crippen molar-refractivity contribution in [3.63, 3.8) is 0 Å². The summed E-state index contributed by atoms with van der Waals surface area (Å²) in [6.45, 7) is 0. The predicted octanol–water partition coefficient (Wildman–Crippen LogP) is 5.52. The van der Waals surface area contributed by atoms with Gasteiger partial charge in [0.15, 0.2) is 0 Å². The van der Waals surface area contributed by atoms with Gasteiger partial charge in [-0.15, -0.1) is 0 Å². The molecule has 0 atom stereocenters. The molecule has 1 aliphatic rings. The van der Waals surface area contributed by atoms with E-state index in [-0.39, 0.29) is 0 Å². The molecule has 2 heterocycles. The quantitative estimate of drug-likeness (QED) is 0.454. The number of anilines is 1. The smallest absolute Gasteiger partial charge is 0.146 e. The Hall–Kier alpha value is -3.38. The van der Waals surface area contributed by atoms with Crippen molar-refractivity contribution in [1.29, 1.82) is 0 Å². The molecule has 0 saturated heterocycles. The average molecular weight is 428 g/mol. The summed E-state index contributed by atoms with van der Waals surface area (Å²) < 4.78 is 8.27. The fourth-order valence-electron chi connectivity index (χ4n) is 4.79. The van der Waals surface area contributed by atoms with E-state index in [9.17, 15) is 0 Å². The number of nitrogens with zero attached hydrogens (tertiary/aromatic N) is 4. The number of fused-ring (bicyclic) bond motifs is 1. The molecule has 1 fully saturated rings. The summed E-state index contributed by atoms with van der Waals surface area (Å²) in [5.41, 5.74) is 9.41. The van der Waals surface area contributed by atoms with Crippen molar-refractivity contribution in [3.8, 4) is 22.6 Å². The minimum atomic E-state index is 0.428. The van der Waals surface area contributed by atoms with E-state index < -0.39 is 0 Å². The third-order valence-electron chi connectivity index (χ3n) is 6.57. The summed E-state index contributed by atoms with van der Waals surface area (Å²) >= 11 is 0. The molecular weight excluding hydrogens is 398 g/mol. The summed E-state index contributed by atoms with van der Waals surface area (Å²) in [5.74, 6) is 2.15. The first kappa shape index (κ1) is 20.5. The fourth-order valence-corrected chi connectivity index (χ4v) is 4.79. The predicted molar refractivity (Wildman–Crippen MR) is 129 cm³/mol. The van der Waals surface area contributed by atoms with Crippen molar-refractivity contribution in [2.24, 2.45) is 0 Å². The van der Waals surface area contributed by atoms with E-state index in [4.69, 9.17) is 10.5 Å². The number of hydrogen-bond donors (Lipinski definition) is 1. The zero-order valence-corrected chi connectivity index (χ0v) is 18.6. The fraction of sp³-hybridized carbons (Fsp3) is 0.308. The average Bonchev–Trinajstić information content (AvgIpc) is 3.21. The highest BCUT2D eigenvalue weighted by Crippen LogP contribution is 2.39. The summed E-state index contributed by atoms with van der Waals surface area (Å²) in [7, 11) is 4.35. The lowest BCUT2D eigenvalue weighted by Crippen LogP contribution is -2.32. The van der Waals surface area contributed by atoms with E-state index in [1.54, 1.807) is 6.33 Å². The lowest BCUT2D eigenvalue weighted by Gasteiger charge is -2.33. The largest absolute Gasteiger partial charge is 0.457 e. The topological polar surface area (TPSA) is 69.2 Å². The van der Waals surface area contributed by atoms with Crippen LogP contribution in [0.15, 0.2) is 67.1 Å². The van der Waals surface area contributed by atoms with Crippen molar-refractivity contribution < 1.29 is 4.74 Å². The number of nitrogens with two attached hydrogens (primary N) is 1. The molecule has 0 unspecified atom stereocenters. The number of rotatable bonds is 5. The highest BCUT2D eigenvalue weighted by molar-refractivity contribution is 6.00. The van der Waals surface area contributed by atoms with Crippen LogP contribution in [-0.4, -0.2) is 39.6 Å². The van der Waals surface area contributed by atoms with E-state index in [0.29, 0.717) is 17.9 Å². The zero-order chi connectivity index (χ0) is 22.1. The molecule has 1 saturated carbocycles. The Morgan fingerprint density at radius 3 is 2.28 bits per heavy atom. The molecule has 0 aliphatic heterocycles. The Morgan fingerprint density at radius 1 is 0.906 bits per heavy atom. The molecule has 4 aromatic rings. The second-order valence-electron chi connectivity index (χ2n) is 8.77. The van der Waals surface area contributed by atoms with Gasteiger partial charge in [0, 0.05) is 23.8 Å². The van der Waals surface area contributed by atoms with Crippen molar-refractivity contribution in [1.82, 2.24) is 19.4 Å². The molecular formula is C26H29N5O. The van der Waals surface area contributed by atoms with E-state index in [2.05, 4.69) is 51.9 Å². The molecule has 0 bridgehead atoms. The summed E-state index contributed by atoms with van der Waals surface area (Å²) in [4.78, 5) is 11.3. The van der Waals surface area contributed by atoms with E-state index >= 15 is 0 Å². The molecule has 2 N–H and O–H groups in total. The molecule has 2 aromatic heterocycles. The van der Waals surface area contributed by atoms with Crippen LogP contribution >= 0.6 is 0 Å². The van der Waals surface area contributed by atoms with Gasteiger partial charge in [0.2, 0.25) is 0 Å². The highest BCUT2D eigenvalue weighted by Gasteiger charge is 2.26. The van der Waals surface area contributed by atoms with Gasteiger partial charge in [-0.2, -0.15) is 0 Å². The Bertz CT molecular complexity index is 1190. The van der Waals surface area contributed by atoms with Crippen LogP contribution in [0.2, 0.25) is 0 Å². The molecule has 0 radical (unpaired) electrons. The second-order valence-corrected chi connectivity index (χ2v) is 8.77. The van der Waals surface area contributed by atoms with Gasteiger partial charge in [-0.3, -0.25) is 0 Å². The molecule has 6 nitrogen and oxygen atoms in total. The molecule has 5 rings (SSSR count). The normalized spacial score (nSPS) is 18.8. The number of aromatic nitrogens is 3. The Morgan fingerprint density at radius 2 is 1.59 bits per heavy atom. The van der Waals surface area contributed by atoms with E-state index in [1.165, 1.54) is 12.8 Å². The van der Waals surface area contributed by atoms with Gasteiger partial charge >= 0.3 is 0 Å². The number of nitrogen functional groups attached to an aromatic ring is 1. The van der Waals surface area contributed by atoms with Gasteiger partial charge in [-0.25, -0.2) is 9.97 Å². The maximum absolute atomic E-state index is 6.34. The number of benzene rings is 2. The second kappa shape index (κ2) is 8.63. The lowest BCUT2D eigenvalue weighted by molar-refractivity contribution is 0.197. The Balaban J connectivity index is 1.47. The van der Waals surface area contributed by atoms with Gasteiger partial charge < -0.3 is 19.9 Å².